The van der Waals surface area contributed by atoms with E-state index in [0.717, 1.165) is 43.1 Å². The Hall–Kier alpha value is -3.19. The quantitative estimate of drug-likeness (QED) is 0.623. The number of carbonyl (C=O) groups excluding carboxylic acids is 2. The van der Waals surface area contributed by atoms with E-state index in [9.17, 15) is 9.59 Å². The summed E-state index contributed by atoms with van der Waals surface area (Å²) in [6.07, 6.45) is 5.35. The highest BCUT2D eigenvalue weighted by molar-refractivity contribution is 6.00. The van der Waals surface area contributed by atoms with Gasteiger partial charge in [-0.15, -0.1) is 0 Å². The number of pyridine rings is 1. The van der Waals surface area contributed by atoms with E-state index in [2.05, 4.69) is 35.1 Å². The Balaban J connectivity index is 1.16. The van der Waals surface area contributed by atoms with Crippen molar-refractivity contribution in [3.05, 3.63) is 66.1 Å². The lowest BCUT2D eigenvalue weighted by Crippen LogP contribution is -2.50. The van der Waals surface area contributed by atoms with E-state index in [1.807, 2.05) is 45.8 Å². The van der Waals surface area contributed by atoms with Crippen LogP contribution in [0.1, 0.15) is 24.6 Å². The van der Waals surface area contributed by atoms with E-state index >= 15 is 0 Å². The van der Waals surface area contributed by atoms with Gasteiger partial charge in [0.2, 0.25) is 11.8 Å². The highest BCUT2D eigenvalue weighted by atomic mass is 16.2. The molecule has 2 fully saturated rings. The molecule has 2 amide bonds. The Bertz CT molecular complexity index is 1080. The number of hydrogen-bond donors (Lipinski definition) is 0. The van der Waals surface area contributed by atoms with Crippen LogP contribution in [0.5, 0.6) is 0 Å². The smallest absolute Gasteiger partial charge is 0.228 e. The normalized spacial score (nSPS) is 19.8. The van der Waals surface area contributed by atoms with Gasteiger partial charge in [-0.1, -0.05) is 25.1 Å². The fourth-order valence-electron chi connectivity index (χ4n) is 4.71. The highest BCUT2D eigenvalue weighted by Crippen LogP contribution is 2.27. The minimum atomic E-state index is -0.252. The molecule has 2 aliphatic heterocycles. The van der Waals surface area contributed by atoms with Gasteiger partial charge in [0, 0.05) is 63.8 Å². The monoisotopic (exact) mass is 431 g/mol. The third-order valence-corrected chi connectivity index (χ3v) is 6.61. The Morgan fingerprint density at radius 3 is 2.56 bits per heavy atom. The van der Waals surface area contributed by atoms with Gasteiger partial charge in [0.1, 0.15) is 5.65 Å². The predicted octanol–water partition coefficient (Wildman–Crippen LogP) is 2.59. The predicted molar refractivity (Wildman–Crippen MR) is 123 cm³/mol. The lowest BCUT2D eigenvalue weighted by Gasteiger charge is -2.35. The zero-order chi connectivity index (χ0) is 22.1. The molecule has 7 heteroatoms. The van der Waals surface area contributed by atoms with Gasteiger partial charge >= 0.3 is 0 Å². The third kappa shape index (κ3) is 4.12. The summed E-state index contributed by atoms with van der Waals surface area (Å²) in [5, 5.41) is 0. The van der Waals surface area contributed by atoms with Crippen molar-refractivity contribution < 1.29 is 9.59 Å². The summed E-state index contributed by atoms with van der Waals surface area (Å²) in [5.74, 6) is -0.102. The molecule has 5 rings (SSSR count). The number of benzene rings is 1. The maximum atomic E-state index is 13.1. The summed E-state index contributed by atoms with van der Waals surface area (Å²) in [5.41, 5.74) is 4.13. The summed E-state index contributed by atoms with van der Waals surface area (Å²) in [6.45, 7) is 6.41. The second-order valence-corrected chi connectivity index (χ2v) is 8.73. The summed E-state index contributed by atoms with van der Waals surface area (Å²) >= 11 is 0. The number of aromatic nitrogens is 2. The van der Waals surface area contributed by atoms with E-state index in [-0.39, 0.29) is 17.7 Å². The Morgan fingerprint density at radius 2 is 1.84 bits per heavy atom. The van der Waals surface area contributed by atoms with Gasteiger partial charge in [0.25, 0.3) is 0 Å². The van der Waals surface area contributed by atoms with Crippen LogP contribution in [0.3, 0.4) is 0 Å². The van der Waals surface area contributed by atoms with Crippen LogP contribution in [0.15, 0.2) is 54.9 Å². The summed E-state index contributed by atoms with van der Waals surface area (Å²) in [6, 6.07) is 14.1. The molecule has 0 saturated carbocycles. The van der Waals surface area contributed by atoms with Crippen LogP contribution in [-0.4, -0.2) is 63.7 Å². The van der Waals surface area contributed by atoms with Crippen LogP contribution in [0, 0.1) is 5.92 Å². The first-order valence-corrected chi connectivity index (χ1v) is 11.4. The molecule has 2 saturated heterocycles. The Labute approximate surface area is 188 Å². The molecule has 1 unspecified atom stereocenters. The first kappa shape index (κ1) is 20.7. The van der Waals surface area contributed by atoms with E-state index in [4.69, 9.17) is 0 Å². The van der Waals surface area contributed by atoms with Crippen molar-refractivity contribution in [1.82, 2.24) is 19.2 Å². The number of rotatable bonds is 5. The van der Waals surface area contributed by atoms with Crippen LogP contribution >= 0.6 is 0 Å². The fraction of sp³-hybridized carbons (Fsp3) is 0.400. The summed E-state index contributed by atoms with van der Waals surface area (Å²) in [4.78, 5) is 36.4. The maximum absolute atomic E-state index is 13.1. The zero-order valence-electron chi connectivity index (χ0n) is 18.5. The zero-order valence-corrected chi connectivity index (χ0v) is 18.5. The van der Waals surface area contributed by atoms with Gasteiger partial charge < -0.3 is 14.2 Å². The number of imidazole rings is 1. The fourth-order valence-corrected chi connectivity index (χ4v) is 4.71. The van der Waals surface area contributed by atoms with Gasteiger partial charge in [-0.3, -0.25) is 14.5 Å². The van der Waals surface area contributed by atoms with E-state index in [1.165, 1.54) is 5.56 Å². The molecule has 3 aromatic rings. The Kier molecular flexibility index (Phi) is 5.66. The van der Waals surface area contributed by atoms with E-state index in [1.54, 1.807) is 4.90 Å². The minimum Gasteiger partial charge on any atom is -0.340 e. The average molecular weight is 432 g/mol. The van der Waals surface area contributed by atoms with Crippen molar-refractivity contribution in [3.63, 3.8) is 0 Å². The van der Waals surface area contributed by atoms with Crippen molar-refractivity contribution in [2.45, 2.75) is 26.3 Å². The number of amides is 2. The largest absolute Gasteiger partial charge is 0.340 e. The molecule has 0 N–H and O–H groups in total. The molecule has 0 spiro atoms. The van der Waals surface area contributed by atoms with Crippen molar-refractivity contribution in [2.75, 3.05) is 37.6 Å². The number of piperazine rings is 1. The molecule has 0 radical (unpaired) electrons. The van der Waals surface area contributed by atoms with Crippen LogP contribution < -0.4 is 4.90 Å². The molecule has 0 bridgehead atoms. The van der Waals surface area contributed by atoms with Gasteiger partial charge in [0.15, 0.2) is 0 Å². The number of nitrogens with zero attached hydrogens (tertiary/aromatic N) is 5. The van der Waals surface area contributed by atoms with Gasteiger partial charge in [-0.25, -0.2) is 4.98 Å². The van der Waals surface area contributed by atoms with E-state index in [0.29, 0.717) is 26.1 Å². The molecule has 2 aromatic heterocycles. The molecular weight excluding hydrogens is 402 g/mol. The van der Waals surface area contributed by atoms with Crippen LogP contribution in [0.2, 0.25) is 0 Å². The summed E-state index contributed by atoms with van der Waals surface area (Å²) in [7, 11) is 0. The SMILES string of the molecule is CCc1ccc(N2CC(C(=O)N3CCN(Cc4cn5ccccc5n4)CC3)CC2=O)cc1. The van der Waals surface area contributed by atoms with Crippen LogP contribution in [0.4, 0.5) is 5.69 Å². The van der Waals surface area contributed by atoms with Gasteiger partial charge in [-0.2, -0.15) is 0 Å². The molecule has 2 aliphatic rings. The second kappa shape index (κ2) is 8.74. The first-order chi connectivity index (χ1) is 15.6. The maximum Gasteiger partial charge on any atom is 0.228 e. The number of aryl methyl sites for hydroxylation is 1. The van der Waals surface area contributed by atoms with Crippen molar-refractivity contribution >= 4 is 23.1 Å². The molecule has 32 heavy (non-hydrogen) atoms. The lowest BCUT2D eigenvalue weighted by atomic mass is 10.1. The molecule has 166 valence electrons. The van der Waals surface area contributed by atoms with Gasteiger partial charge in [0.05, 0.1) is 11.6 Å². The lowest BCUT2D eigenvalue weighted by molar-refractivity contribution is -0.137. The van der Waals surface area contributed by atoms with E-state index < -0.39 is 0 Å². The van der Waals surface area contributed by atoms with Crippen molar-refractivity contribution in [2.24, 2.45) is 5.92 Å². The number of carbonyl (C=O) groups is 2. The molecule has 4 heterocycles. The number of hydrogen-bond acceptors (Lipinski definition) is 4. The van der Waals surface area contributed by atoms with Gasteiger partial charge in [-0.05, 0) is 36.2 Å². The third-order valence-electron chi connectivity index (χ3n) is 6.61. The number of fused-ring (bicyclic) bond motifs is 1. The van der Waals surface area contributed by atoms with Crippen molar-refractivity contribution in [1.29, 1.82) is 0 Å². The molecule has 0 aliphatic carbocycles. The molecular formula is C25H29N5O2. The Morgan fingerprint density at radius 1 is 1.06 bits per heavy atom. The molecule has 1 atom stereocenters. The summed E-state index contributed by atoms with van der Waals surface area (Å²) < 4.78 is 2.04. The van der Waals surface area contributed by atoms with Crippen LogP contribution in [-0.2, 0) is 22.6 Å². The second-order valence-electron chi connectivity index (χ2n) is 8.73. The van der Waals surface area contributed by atoms with Crippen LogP contribution in [0.25, 0.3) is 5.65 Å². The van der Waals surface area contributed by atoms with Crippen molar-refractivity contribution in [3.8, 4) is 0 Å². The number of anilines is 1. The topological polar surface area (TPSA) is 61.2 Å². The molecule has 1 aromatic carbocycles. The standard InChI is InChI=1S/C25H29N5O2/c1-2-19-6-8-22(9-7-19)30-16-20(15-24(30)31)25(32)28-13-11-27(12-14-28)17-21-18-29-10-4-3-5-23(29)26-21/h3-10,18,20H,2,11-17H2,1H3. The highest BCUT2D eigenvalue weighted by Gasteiger charge is 2.37. The molecule has 7 nitrogen and oxygen atoms in total. The first-order valence-electron chi connectivity index (χ1n) is 11.4. The average Bonchev–Trinajstić information content (AvgIpc) is 3.42. The minimum absolute atomic E-state index is 0.0399.